The molecule has 10 heteroatoms. The Kier molecular flexibility index (Phi) is 7.72. The molecule has 3 rings (SSSR count). The molecule has 0 saturated carbocycles. The van der Waals surface area contributed by atoms with Gasteiger partial charge in [0.25, 0.3) is 11.6 Å². The number of thiazole rings is 1. The number of non-ortho nitro benzene ring substituents is 1. The van der Waals surface area contributed by atoms with Crippen LogP contribution in [0.15, 0.2) is 47.5 Å². The van der Waals surface area contributed by atoms with Gasteiger partial charge in [0.15, 0.2) is 4.80 Å². The number of nitro benzene ring substituents is 1. The molecule has 168 valence electrons. The predicted molar refractivity (Wildman–Crippen MR) is 120 cm³/mol. The number of carbonyl (C=O) groups is 2. The van der Waals surface area contributed by atoms with Gasteiger partial charge >= 0.3 is 5.97 Å². The Hall–Kier alpha value is -3.53. The van der Waals surface area contributed by atoms with Crippen molar-refractivity contribution in [1.82, 2.24) is 4.57 Å². The highest BCUT2D eigenvalue weighted by atomic mass is 32.1. The molecule has 1 amide bonds. The summed E-state index contributed by atoms with van der Waals surface area (Å²) < 4.78 is 12.7. The fourth-order valence-electron chi connectivity index (χ4n) is 2.95. The monoisotopic (exact) mass is 457 g/mol. The second-order valence-corrected chi connectivity index (χ2v) is 7.84. The van der Waals surface area contributed by atoms with Gasteiger partial charge in [0.05, 0.1) is 28.4 Å². The van der Waals surface area contributed by atoms with Crippen LogP contribution in [0, 0.1) is 10.1 Å². The highest BCUT2D eigenvalue weighted by Crippen LogP contribution is 2.23. The van der Waals surface area contributed by atoms with Crippen LogP contribution in [0.5, 0.6) is 5.75 Å². The molecule has 0 N–H and O–H groups in total. The van der Waals surface area contributed by atoms with E-state index in [1.165, 1.54) is 22.8 Å². The van der Waals surface area contributed by atoms with Gasteiger partial charge in [0.1, 0.15) is 12.3 Å². The van der Waals surface area contributed by atoms with Gasteiger partial charge < -0.3 is 14.0 Å². The zero-order valence-corrected chi connectivity index (χ0v) is 18.6. The number of nitrogens with zero attached hydrogens (tertiary/aromatic N) is 3. The van der Waals surface area contributed by atoms with E-state index in [-0.39, 0.29) is 23.6 Å². The Balaban J connectivity index is 2.01. The molecule has 2 aromatic carbocycles. The lowest BCUT2D eigenvalue weighted by atomic mass is 10.2. The first kappa shape index (κ1) is 23.1. The number of benzene rings is 2. The number of nitro groups is 1. The smallest absolute Gasteiger partial charge is 0.326 e. The summed E-state index contributed by atoms with van der Waals surface area (Å²) in [5.74, 6) is -0.429. The van der Waals surface area contributed by atoms with Crippen LogP contribution in [-0.4, -0.2) is 34.6 Å². The molecule has 0 saturated heterocycles. The average molecular weight is 458 g/mol. The van der Waals surface area contributed by atoms with Crippen molar-refractivity contribution in [2.45, 2.75) is 33.2 Å². The number of esters is 1. The molecule has 0 aliphatic carbocycles. The third-order valence-corrected chi connectivity index (χ3v) is 5.56. The van der Waals surface area contributed by atoms with Crippen molar-refractivity contribution in [3.63, 3.8) is 0 Å². The summed E-state index contributed by atoms with van der Waals surface area (Å²) >= 11 is 1.09. The molecule has 0 radical (unpaired) electrons. The van der Waals surface area contributed by atoms with Crippen molar-refractivity contribution in [3.05, 3.63) is 62.9 Å². The van der Waals surface area contributed by atoms with Crippen molar-refractivity contribution >= 4 is 39.1 Å². The number of ether oxygens (including phenoxy) is 2. The first-order valence-corrected chi connectivity index (χ1v) is 11.0. The minimum absolute atomic E-state index is 0.0863. The third-order valence-electron chi connectivity index (χ3n) is 4.51. The van der Waals surface area contributed by atoms with Gasteiger partial charge in [-0.05, 0) is 37.6 Å². The normalized spacial score (nSPS) is 11.5. The maximum Gasteiger partial charge on any atom is 0.326 e. The Morgan fingerprint density at radius 2 is 2.00 bits per heavy atom. The third kappa shape index (κ3) is 5.58. The van der Waals surface area contributed by atoms with Crippen LogP contribution >= 0.6 is 11.3 Å². The summed E-state index contributed by atoms with van der Waals surface area (Å²) in [6.45, 7) is 4.36. The lowest BCUT2D eigenvalue weighted by Crippen LogP contribution is -2.23. The van der Waals surface area contributed by atoms with Crippen molar-refractivity contribution in [1.29, 1.82) is 0 Å². The van der Waals surface area contributed by atoms with Crippen molar-refractivity contribution < 1.29 is 24.0 Å². The van der Waals surface area contributed by atoms with Crippen LogP contribution in [-0.2, 0) is 16.1 Å². The summed E-state index contributed by atoms with van der Waals surface area (Å²) in [6, 6.07) is 11.0. The van der Waals surface area contributed by atoms with Gasteiger partial charge in [-0.25, -0.2) is 0 Å². The van der Waals surface area contributed by atoms with Gasteiger partial charge in [0.2, 0.25) is 0 Å². The molecule has 32 heavy (non-hydrogen) atoms. The standard InChI is InChI=1S/C22H23N3O6S/c1-3-5-11-31-17-8-6-7-15(12-17)21(27)23-22-24(14-20(26)30-4-2)18-10-9-16(25(28)29)13-19(18)32-22/h6-10,12-13H,3-5,11,14H2,1-2H3. The van der Waals surface area contributed by atoms with E-state index >= 15 is 0 Å². The predicted octanol–water partition coefficient (Wildman–Crippen LogP) is 4.09. The Bertz CT molecular complexity index is 1210. The van der Waals surface area contributed by atoms with Crippen molar-refractivity contribution in [3.8, 4) is 5.75 Å². The number of carbonyl (C=O) groups excluding carboxylic acids is 2. The molecule has 0 spiro atoms. The highest BCUT2D eigenvalue weighted by molar-refractivity contribution is 7.16. The van der Waals surface area contributed by atoms with E-state index < -0.39 is 16.8 Å². The van der Waals surface area contributed by atoms with E-state index in [0.717, 1.165) is 24.2 Å². The molecule has 9 nitrogen and oxygen atoms in total. The molecule has 0 aliphatic heterocycles. The molecule has 1 aromatic heterocycles. The van der Waals surface area contributed by atoms with Gasteiger partial charge in [0, 0.05) is 17.7 Å². The maximum absolute atomic E-state index is 12.9. The van der Waals surface area contributed by atoms with E-state index in [2.05, 4.69) is 11.9 Å². The van der Waals surface area contributed by atoms with Crippen LogP contribution < -0.4 is 9.54 Å². The van der Waals surface area contributed by atoms with Gasteiger partial charge in [-0.15, -0.1) is 0 Å². The molecular formula is C22H23N3O6S. The number of hydrogen-bond donors (Lipinski definition) is 0. The summed E-state index contributed by atoms with van der Waals surface area (Å²) in [5, 5.41) is 11.1. The topological polar surface area (TPSA) is 113 Å². The summed E-state index contributed by atoms with van der Waals surface area (Å²) in [7, 11) is 0. The lowest BCUT2D eigenvalue weighted by molar-refractivity contribution is -0.384. The number of hydrogen-bond acceptors (Lipinski definition) is 7. The van der Waals surface area contributed by atoms with Crippen LogP contribution in [0.2, 0.25) is 0 Å². The molecule has 3 aromatic rings. The van der Waals surface area contributed by atoms with Gasteiger partial charge in [-0.3, -0.25) is 19.7 Å². The quantitative estimate of drug-likeness (QED) is 0.207. The maximum atomic E-state index is 12.9. The fourth-order valence-corrected chi connectivity index (χ4v) is 4.01. The summed E-state index contributed by atoms with van der Waals surface area (Å²) in [6.07, 6.45) is 1.91. The number of aromatic nitrogens is 1. The van der Waals surface area contributed by atoms with Crippen molar-refractivity contribution in [2.75, 3.05) is 13.2 Å². The molecule has 0 unspecified atom stereocenters. The Morgan fingerprint density at radius 3 is 2.72 bits per heavy atom. The van der Waals surface area contributed by atoms with E-state index in [1.54, 1.807) is 31.2 Å². The molecule has 0 aliphatic rings. The zero-order valence-electron chi connectivity index (χ0n) is 17.8. The first-order chi connectivity index (χ1) is 15.4. The van der Waals surface area contributed by atoms with E-state index in [1.807, 2.05) is 0 Å². The SMILES string of the molecule is CCCCOc1cccc(C(=O)N=c2sc3cc([N+](=O)[O-])ccc3n2CC(=O)OCC)c1. The Labute approximate surface area is 188 Å². The van der Waals surface area contributed by atoms with Crippen LogP contribution in [0.3, 0.4) is 0 Å². The van der Waals surface area contributed by atoms with Crippen LogP contribution in [0.4, 0.5) is 5.69 Å². The first-order valence-electron chi connectivity index (χ1n) is 10.2. The zero-order chi connectivity index (χ0) is 23.1. The molecular weight excluding hydrogens is 434 g/mol. The lowest BCUT2D eigenvalue weighted by Gasteiger charge is -2.06. The second kappa shape index (κ2) is 10.7. The molecule has 0 atom stereocenters. The fraction of sp³-hybridized carbons (Fsp3) is 0.318. The van der Waals surface area contributed by atoms with Gasteiger partial charge in [-0.1, -0.05) is 30.7 Å². The Morgan fingerprint density at radius 1 is 1.19 bits per heavy atom. The van der Waals surface area contributed by atoms with Gasteiger partial charge in [-0.2, -0.15) is 4.99 Å². The largest absolute Gasteiger partial charge is 0.494 e. The second-order valence-electron chi connectivity index (χ2n) is 6.83. The average Bonchev–Trinajstić information content (AvgIpc) is 3.10. The minimum Gasteiger partial charge on any atom is -0.494 e. The number of fused-ring (bicyclic) bond motifs is 1. The van der Waals surface area contributed by atoms with Crippen molar-refractivity contribution in [2.24, 2.45) is 4.99 Å². The molecule has 0 fully saturated rings. The van der Waals surface area contributed by atoms with E-state index in [9.17, 15) is 19.7 Å². The summed E-state index contributed by atoms with van der Waals surface area (Å²) in [5.41, 5.74) is 0.804. The molecule has 1 heterocycles. The minimum atomic E-state index is -0.510. The number of amides is 1. The highest BCUT2D eigenvalue weighted by Gasteiger charge is 2.16. The molecule has 0 bridgehead atoms. The van der Waals surface area contributed by atoms with E-state index in [4.69, 9.17) is 9.47 Å². The van der Waals surface area contributed by atoms with Crippen LogP contribution in [0.1, 0.15) is 37.0 Å². The number of unbranched alkanes of at least 4 members (excludes halogenated alkanes) is 1. The number of rotatable bonds is 9. The van der Waals surface area contributed by atoms with Crippen LogP contribution in [0.25, 0.3) is 10.2 Å². The summed E-state index contributed by atoms with van der Waals surface area (Å²) in [4.78, 5) is 40.1. The van der Waals surface area contributed by atoms with E-state index in [0.29, 0.717) is 28.1 Å².